The zero-order valence-electron chi connectivity index (χ0n) is 10.1. The molecule has 1 aliphatic rings. The number of hydrogen-bond donors (Lipinski definition) is 4. The smallest absolute Gasteiger partial charge is 0.228 e. The van der Waals surface area contributed by atoms with Crippen LogP contribution < -0.4 is 10.6 Å². The molecule has 0 aromatic carbocycles. The van der Waals surface area contributed by atoms with Gasteiger partial charge in [0.15, 0.2) is 0 Å². The van der Waals surface area contributed by atoms with Gasteiger partial charge in [-0.05, 0) is 26.1 Å². The third-order valence-electron chi connectivity index (χ3n) is 3.15. The van der Waals surface area contributed by atoms with Crippen molar-refractivity contribution in [2.24, 2.45) is 0 Å². The van der Waals surface area contributed by atoms with Crippen LogP contribution in [0.2, 0.25) is 0 Å². The first-order chi connectivity index (χ1) is 7.92. The van der Waals surface area contributed by atoms with Gasteiger partial charge in [0.25, 0.3) is 0 Å². The van der Waals surface area contributed by atoms with E-state index in [4.69, 9.17) is 0 Å². The molecule has 0 unspecified atom stereocenters. The lowest BCUT2D eigenvalue weighted by molar-refractivity contribution is -0.247. The molecule has 0 saturated carbocycles. The summed E-state index contributed by atoms with van der Waals surface area (Å²) in [6, 6.07) is 0. The monoisotopic (exact) mass is 238 g/mol. The summed E-state index contributed by atoms with van der Waals surface area (Å²) in [5, 5.41) is 31.1. The zero-order chi connectivity index (χ0) is 12.6. The van der Waals surface area contributed by atoms with E-state index in [9.17, 15) is 15.3 Å². The van der Waals surface area contributed by atoms with E-state index in [1.54, 1.807) is 20.3 Å². The van der Waals surface area contributed by atoms with E-state index in [1.807, 2.05) is 6.08 Å². The van der Waals surface area contributed by atoms with E-state index in [0.29, 0.717) is 23.0 Å². The van der Waals surface area contributed by atoms with E-state index < -0.39 is 5.91 Å². The molecule has 5 heteroatoms. The Kier molecular flexibility index (Phi) is 2.99. The average molecular weight is 238 g/mol. The van der Waals surface area contributed by atoms with Crippen LogP contribution in [0.5, 0.6) is 0 Å². The molecular formula is C12H18N2O3. The van der Waals surface area contributed by atoms with Crippen molar-refractivity contribution in [2.45, 2.75) is 25.2 Å². The number of nitrogens with one attached hydrogen (secondary N) is 1. The fraction of sp³-hybridized carbons (Fsp3) is 0.500. The number of aliphatic hydroxyl groups excluding tert-OH is 1. The van der Waals surface area contributed by atoms with Crippen LogP contribution in [0.3, 0.4) is 0 Å². The van der Waals surface area contributed by atoms with Gasteiger partial charge in [-0.2, -0.15) is 0 Å². The van der Waals surface area contributed by atoms with Gasteiger partial charge in [-0.3, -0.25) is 4.90 Å². The van der Waals surface area contributed by atoms with Crippen molar-refractivity contribution in [3.05, 3.63) is 22.3 Å². The molecule has 1 aromatic heterocycles. The molecule has 1 aromatic rings. The normalized spacial score (nSPS) is 15.9. The van der Waals surface area contributed by atoms with E-state index in [0.717, 1.165) is 11.8 Å². The lowest BCUT2D eigenvalue weighted by Gasteiger charge is -2.28. The van der Waals surface area contributed by atoms with Crippen molar-refractivity contribution in [1.29, 1.82) is 0 Å². The third-order valence-corrected chi connectivity index (χ3v) is 3.15. The van der Waals surface area contributed by atoms with Gasteiger partial charge in [0, 0.05) is 29.6 Å². The van der Waals surface area contributed by atoms with Crippen LogP contribution in [0.25, 0.3) is 11.8 Å². The van der Waals surface area contributed by atoms with Crippen molar-refractivity contribution in [3.63, 3.8) is 0 Å². The topological polar surface area (TPSA) is 79.7 Å². The molecule has 17 heavy (non-hydrogen) atoms. The van der Waals surface area contributed by atoms with Gasteiger partial charge in [0.1, 0.15) is 5.76 Å². The van der Waals surface area contributed by atoms with Gasteiger partial charge in [0.05, 0.1) is 0 Å². The highest BCUT2D eigenvalue weighted by molar-refractivity contribution is 5.45. The first kappa shape index (κ1) is 12.2. The van der Waals surface area contributed by atoms with Crippen LogP contribution in [0.15, 0.2) is 6.20 Å². The van der Waals surface area contributed by atoms with Crippen LogP contribution >= 0.6 is 0 Å². The van der Waals surface area contributed by atoms with Gasteiger partial charge < -0.3 is 20.3 Å². The van der Waals surface area contributed by atoms with Crippen molar-refractivity contribution in [3.8, 4) is 0 Å². The molecule has 5 nitrogen and oxygen atoms in total. The number of aromatic amines is 1. The predicted octanol–water partition coefficient (Wildman–Crippen LogP) is -1.00. The molecule has 0 amide bonds. The van der Waals surface area contributed by atoms with E-state index in [2.05, 4.69) is 4.98 Å². The molecule has 0 bridgehead atoms. The first-order valence-corrected chi connectivity index (χ1v) is 5.62. The highest BCUT2D eigenvalue weighted by Crippen LogP contribution is 2.11. The Balaban J connectivity index is 2.44. The second-order valence-electron chi connectivity index (χ2n) is 4.64. The molecule has 0 saturated heterocycles. The molecule has 0 aliphatic heterocycles. The average Bonchev–Trinajstić information content (AvgIpc) is 2.62. The standard InChI is InChI=1S/C12H18N2O3/c1-14(2)12(16,17)6-8-7-13-9-4-3-5-10(15)11(8)9/h4,7,13,15-17H,3,5-6H2,1-2H3. The maximum atomic E-state index is 9.87. The van der Waals surface area contributed by atoms with Gasteiger partial charge in [-0.15, -0.1) is 0 Å². The second kappa shape index (κ2) is 4.18. The minimum atomic E-state index is -1.91. The zero-order valence-corrected chi connectivity index (χ0v) is 10.1. The molecule has 0 atom stereocenters. The molecule has 1 aliphatic carbocycles. The van der Waals surface area contributed by atoms with Crippen molar-refractivity contribution >= 4 is 11.8 Å². The Labute approximate surface area is 99.3 Å². The fourth-order valence-electron chi connectivity index (χ4n) is 2.02. The molecule has 0 fully saturated rings. The third kappa shape index (κ3) is 2.22. The van der Waals surface area contributed by atoms with Crippen LogP contribution in [0.1, 0.15) is 18.4 Å². The van der Waals surface area contributed by atoms with E-state index in [-0.39, 0.29) is 6.42 Å². The number of fused-ring (bicyclic) bond motifs is 1. The number of H-pyrrole nitrogens is 1. The summed E-state index contributed by atoms with van der Waals surface area (Å²) in [6.07, 6.45) is 5.17. The molecule has 94 valence electrons. The maximum absolute atomic E-state index is 9.87. The van der Waals surface area contributed by atoms with Crippen LogP contribution in [-0.4, -0.2) is 45.2 Å². The number of hydrogen-bond acceptors (Lipinski definition) is 4. The molecule has 0 radical (unpaired) electrons. The molecule has 2 rings (SSSR count). The van der Waals surface area contributed by atoms with Crippen molar-refractivity contribution in [1.82, 2.24) is 9.88 Å². The Morgan fingerprint density at radius 2 is 2.12 bits per heavy atom. The van der Waals surface area contributed by atoms with Crippen LogP contribution in [0.4, 0.5) is 0 Å². The Bertz CT molecular complexity index is 528. The van der Waals surface area contributed by atoms with Crippen LogP contribution in [-0.2, 0) is 6.42 Å². The number of aromatic nitrogens is 1. The summed E-state index contributed by atoms with van der Waals surface area (Å²) in [4.78, 5) is 4.37. The number of likely N-dealkylation sites (N-methyl/N-ethyl adjacent to an activating group) is 1. The summed E-state index contributed by atoms with van der Waals surface area (Å²) in [6.45, 7) is 0. The highest BCUT2D eigenvalue weighted by Gasteiger charge is 2.27. The summed E-state index contributed by atoms with van der Waals surface area (Å²) in [7, 11) is 3.18. The highest BCUT2D eigenvalue weighted by atomic mass is 16.5. The van der Waals surface area contributed by atoms with E-state index >= 15 is 0 Å². The van der Waals surface area contributed by atoms with Gasteiger partial charge in [-0.1, -0.05) is 6.08 Å². The fourth-order valence-corrected chi connectivity index (χ4v) is 2.02. The SMILES string of the molecule is CN(C)C(O)(O)Cc1c[nH]c2c1=C(O)CCC=2. The Hall–Kier alpha value is -1.30. The number of rotatable bonds is 3. The minimum absolute atomic E-state index is 0.0454. The summed E-state index contributed by atoms with van der Waals surface area (Å²) >= 11 is 0. The van der Waals surface area contributed by atoms with E-state index in [1.165, 1.54) is 4.90 Å². The van der Waals surface area contributed by atoms with Gasteiger partial charge >= 0.3 is 0 Å². The van der Waals surface area contributed by atoms with Crippen molar-refractivity contribution < 1.29 is 15.3 Å². The molecule has 1 heterocycles. The largest absolute Gasteiger partial charge is 0.512 e. The van der Waals surface area contributed by atoms with Gasteiger partial charge in [0.2, 0.25) is 5.91 Å². The quantitative estimate of drug-likeness (QED) is 0.509. The molecule has 4 N–H and O–H groups in total. The minimum Gasteiger partial charge on any atom is -0.512 e. The predicted molar refractivity (Wildman–Crippen MR) is 64.3 cm³/mol. The number of nitrogens with zero attached hydrogens (tertiary/aromatic N) is 1. The second-order valence-corrected chi connectivity index (χ2v) is 4.64. The summed E-state index contributed by atoms with van der Waals surface area (Å²) in [5.74, 6) is -1.60. The number of aliphatic hydroxyl groups is 3. The lowest BCUT2D eigenvalue weighted by Crippen LogP contribution is -2.47. The van der Waals surface area contributed by atoms with Crippen LogP contribution in [0, 0.1) is 0 Å². The first-order valence-electron chi connectivity index (χ1n) is 5.62. The summed E-state index contributed by atoms with van der Waals surface area (Å²) < 4.78 is 0. The molecule has 0 spiro atoms. The molecular weight excluding hydrogens is 220 g/mol. The Morgan fingerprint density at radius 3 is 2.76 bits per heavy atom. The van der Waals surface area contributed by atoms with Crippen molar-refractivity contribution in [2.75, 3.05) is 14.1 Å². The Morgan fingerprint density at radius 1 is 1.41 bits per heavy atom. The van der Waals surface area contributed by atoms with Gasteiger partial charge in [-0.25, -0.2) is 0 Å². The lowest BCUT2D eigenvalue weighted by atomic mass is 10.1. The summed E-state index contributed by atoms with van der Waals surface area (Å²) in [5.41, 5.74) is 0.715. The maximum Gasteiger partial charge on any atom is 0.228 e.